The van der Waals surface area contributed by atoms with Crippen molar-refractivity contribution in [1.29, 1.82) is 5.26 Å². The molecule has 1 aliphatic rings. The van der Waals surface area contributed by atoms with E-state index in [2.05, 4.69) is 15.1 Å². The van der Waals surface area contributed by atoms with Crippen LogP contribution in [0.2, 0.25) is 0 Å². The van der Waals surface area contributed by atoms with E-state index < -0.39 is 11.4 Å². The van der Waals surface area contributed by atoms with Crippen LogP contribution in [0, 0.1) is 17.1 Å². The van der Waals surface area contributed by atoms with E-state index in [0.29, 0.717) is 24.6 Å². The van der Waals surface area contributed by atoms with E-state index >= 15 is 0 Å². The second-order valence-electron chi connectivity index (χ2n) is 7.18. The molecule has 0 radical (unpaired) electrons. The van der Waals surface area contributed by atoms with E-state index in [-0.39, 0.29) is 47.2 Å². The largest absolute Gasteiger partial charge is 0.383 e. The predicted molar refractivity (Wildman–Crippen MR) is 105 cm³/mol. The van der Waals surface area contributed by atoms with Gasteiger partial charge in [-0.1, -0.05) is 5.16 Å². The Labute approximate surface area is 174 Å². The number of halogens is 1. The van der Waals surface area contributed by atoms with E-state index in [1.54, 1.807) is 0 Å². The van der Waals surface area contributed by atoms with Gasteiger partial charge in [-0.25, -0.2) is 9.37 Å². The highest BCUT2D eigenvalue weighted by Crippen LogP contribution is 2.28. The van der Waals surface area contributed by atoms with Crippen LogP contribution in [-0.4, -0.2) is 51.0 Å². The Hall–Kier alpha value is -3.62. The number of ether oxygens (including phenoxy) is 2. The van der Waals surface area contributed by atoms with Gasteiger partial charge < -0.3 is 18.6 Å². The summed E-state index contributed by atoms with van der Waals surface area (Å²) in [6, 6.07) is 4.56. The number of benzene rings is 1. The van der Waals surface area contributed by atoms with E-state index in [1.165, 1.54) is 34.5 Å². The van der Waals surface area contributed by atoms with Gasteiger partial charge in [0.2, 0.25) is 11.7 Å². The Morgan fingerprint density at radius 3 is 3.00 bits per heavy atom. The maximum atomic E-state index is 14.3. The Kier molecular flexibility index (Phi) is 4.72. The minimum atomic E-state index is -0.707. The third-order valence-corrected chi connectivity index (χ3v) is 5.41. The molecule has 11 heteroatoms. The maximum absolute atomic E-state index is 14.3. The molecule has 4 heterocycles. The Morgan fingerprint density at radius 1 is 1.39 bits per heavy atom. The molecule has 3 aromatic heterocycles. The van der Waals surface area contributed by atoms with Gasteiger partial charge in [-0.3, -0.25) is 9.20 Å². The summed E-state index contributed by atoms with van der Waals surface area (Å²) in [6.45, 7) is 1.46. The summed E-state index contributed by atoms with van der Waals surface area (Å²) in [5.74, 6) is -0.0814. The number of nitrogens with zero attached hydrogens (tertiary/aromatic N) is 6. The zero-order valence-corrected chi connectivity index (χ0v) is 16.5. The Morgan fingerprint density at radius 2 is 2.26 bits per heavy atom. The summed E-state index contributed by atoms with van der Waals surface area (Å²) in [4.78, 5) is 22.2. The summed E-state index contributed by atoms with van der Waals surface area (Å²) in [5.41, 5.74) is 0.401. The minimum absolute atomic E-state index is 0.00971. The van der Waals surface area contributed by atoms with Crippen molar-refractivity contribution in [2.75, 3.05) is 26.9 Å². The van der Waals surface area contributed by atoms with Gasteiger partial charge in [0.1, 0.15) is 35.0 Å². The first-order valence-corrected chi connectivity index (χ1v) is 9.67. The van der Waals surface area contributed by atoms with E-state index in [4.69, 9.17) is 14.0 Å². The normalized spacial score (nSPS) is 16.4. The van der Waals surface area contributed by atoms with Gasteiger partial charge in [0.25, 0.3) is 5.56 Å². The molecule has 5 rings (SSSR count). The molecule has 1 unspecified atom stereocenters. The van der Waals surface area contributed by atoms with E-state index in [9.17, 15) is 14.4 Å². The molecule has 10 nitrogen and oxygen atoms in total. The molecule has 0 bridgehead atoms. The first-order chi connectivity index (χ1) is 15.1. The minimum Gasteiger partial charge on any atom is -0.383 e. The lowest BCUT2D eigenvalue weighted by Gasteiger charge is -2.13. The first kappa shape index (κ1) is 19.3. The second kappa shape index (κ2) is 7.57. The molecule has 1 aromatic carbocycles. The molecular weight excluding hydrogens is 407 g/mol. The average Bonchev–Trinajstić information content (AvgIpc) is 3.53. The lowest BCUT2D eigenvalue weighted by Crippen LogP contribution is -2.26. The van der Waals surface area contributed by atoms with Crippen LogP contribution in [0.3, 0.4) is 0 Å². The average molecular weight is 424 g/mol. The third kappa shape index (κ3) is 2.99. The lowest BCUT2D eigenvalue weighted by molar-refractivity contribution is 0.187. The van der Waals surface area contributed by atoms with Crippen LogP contribution in [0.5, 0.6) is 0 Å². The van der Waals surface area contributed by atoms with Crippen molar-refractivity contribution >= 4 is 16.6 Å². The van der Waals surface area contributed by atoms with Gasteiger partial charge in [0.05, 0.1) is 30.2 Å². The molecule has 1 aliphatic heterocycles. The molecule has 0 N–H and O–H groups in total. The van der Waals surface area contributed by atoms with Gasteiger partial charge in [-0.15, -0.1) is 0 Å². The zero-order valence-electron chi connectivity index (χ0n) is 16.5. The number of hydrogen-bond acceptors (Lipinski definition) is 8. The number of hydrogen-bond donors (Lipinski definition) is 0. The molecule has 158 valence electrons. The van der Waals surface area contributed by atoms with E-state index in [0.717, 1.165) is 6.42 Å². The molecule has 0 aliphatic carbocycles. The van der Waals surface area contributed by atoms with Gasteiger partial charge in [-0.05, 0) is 18.6 Å². The summed E-state index contributed by atoms with van der Waals surface area (Å²) < 4.78 is 33.0. The highest BCUT2D eigenvalue weighted by molar-refractivity contribution is 5.87. The Bertz CT molecular complexity index is 1390. The first-order valence-electron chi connectivity index (χ1n) is 9.67. The molecule has 31 heavy (non-hydrogen) atoms. The summed E-state index contributed by atoms with van der Waals surface area (Å²) >= 11 is 0. The number of methoxy groups -OCH3 is 1. The Balaban J connectivity index is 1.77. The molecule has 1 saturated heterocycles. The number of aromatic nitrogens is 5. The number of fused-ring (bicyclic) bond motifs is 3. The van der Waals surface area contributed by atoms with Gasteiger partial charge in [-0.2, -0.15) is 10.2 Å². The standard InChI is InChI=1S/C20H17FN6O4/c1-29-7-5-26-16-12(8-22)13(21)2-3-14(16)27-10-23-15(17(27)20(26)28)18-24-19(31-25-18)11-4-6-30-9-11/h2-3,10-11H,4-7,9H2,1H3. The summed E-state index contributed by atoms with van der Waals surface area (Å²) in [6.07, 6.45) is 2.21. The van der Waals surface area contributed by atoms with Crippen LogP contribution in [0.15, 0.2) is 27.8 Å². The predicted octanol–water partition coefficient (Wildman–Crippen LogP) is 1.86. The SMILES string of the molecule is COCCn1c(=O)c2c(-c3noc(C4CCOC4)n3)ncn2c2ccc(F)c(C#N)c21. The highest BCUT2D eigenvalue weighted by atomic mass is 19.1. The molecular formula is C20H17FN6O4. The van der Waals surface area contributed by atoms with Crippen molar-refractivity contribution in [3.8, 4) is 17.6 Å². The van der Waals surface area contributed by atoms with Crippen molar-refractivity contribution in [1.82, 2.24) is 24.1 Å². The fourth-order valence-electron chi connectivity index (χ4n) is 3.88. The van der Waals surface area contributed by atoms with Crippen LogP contribution in [0.4, 0.5) is 4.39 Å². The monoisotopic (exact) mass is 424 g/mol. The van der Waals surface area contributed by atoms with Crippen molar-refractivity contribution in [2.24, 2.45) is 0 Å². The fraction of sp³-hybridized carbons (Fsp3) is 0.350. The number of rotatable bonds is 5. The van der Waals surface area contributed by atoms with E-state index in [1.807, 2.05) is 6.07 Å². The summed E-state index contributed by atoms with van der Waals surface area (Å²) in [5, 5.41) is 13.5. The van der Waals surface area contributed by atoms with Crippen molar-refractivity contribution in [2.45, 2.75) is 18.9 Å². The third-order valence-electron chi connectivity index (χ3n) is 5.41. The quantitative estimate of drug-likeness (QED) is 0.476. The van der Waals surface area contributed by atoms with Crippen molar-refractivity contribution < 1.29 is 18.4 Å². The van der Waals surface area contributed by atoms with Crippen LogP contribution in [0.1, 0.15) is 23.8 Å². The van der Waals surface area contributed by atoms with Crippen molar-refractivity contribution in [3.05, 3.63) is 46.1 Å². The van der Waals surface area contributed by atoms with Crippen LogP contribution in [-0.2, 0) is 16.0 Å². The highest BCUT2D eigenvalue weighted by Gasteiger charge is 2.27. The number of imidazole rings is 1. The summed E-state index contributed by atoms with van der Waals surface area (Å²) in [7, 11) is 1.50. The molecule has 0 spiro atoms. The van der Waals surface area contributed by atoms with Crippen LogP contribution in [0.25, 0.3) is 28.1 Å². The van der Waals surface area contributed by atoms with Crippen LogP contribution < -0.4 is 5.56 Å². The number of nitriles is 1. The van der Waals surface area contributed by atoms with Gasteiger partial charge >= 0.3 is 0 Å². The van der Waals surface area contributed by atoms with Crippen molar-refractivity contribution in [3.63, 3.8) is 0 Å². The van der Waals surface area contributed by atoms with Gasteiger partial charge in [0.15, 0.2) is 0 Å². The molecule has 4 aromatic rings. The topological polar surface area (TPSA) is 120 Å². The zero-order chi connectivity index (χ0) is 21.5. The molecule has 1 atom stereocenters. The molecule has 0 saturated carbocycles. The fourth-order valence-corrected chi connectivity index (χ4v) is 3.88. The van der Waals surface area contributed by atoms with Gasteiger partial charge in [0, 0.05) is 20.3 Å². The second-order valence-corrected chi connectivity index (χ2v) is 7.18. The smallest absolute Gasteiger partial charge is 0.277 e. The molecule has 1 fully saturated rings. The van der Waals surface area contributed by atoms with Crippen LogP contribution >= 0.6 is 0 Å². The molecule has 0 amide bonds. The lowest BCUT2D eigenvalue weighted by atomic mass is 10.1. The maximum Gasteiger partial charge on any atom is 0.277 e.